The number of rotatable bonds is 7. The third-order valence-corrected chi connectivity index (χ3v) is 5.85. The predicted octanol–water partition coefficient (Wildman–Crippen LogP) is 4.39. The third-order valence-electron chi connectivity index (χ3n) is 3.19. The van der Waals surface area contributed by atoms with Crippen LogP contribution in [-0.4, -0.2) is 15.4 Å². The summed E-state index contributed by atoms with van der Waals surface area (Å²) in [7, 11) is 0.443. The van der Waals surface area contributed by atoms with Gasteiger partial charge in [0.05, 0.1) is 0 Å². The summed E-state index contributed by atoms with van der Waals surface area (Å²) in [6, 6.07) is 8.12. The van der Waals surface area contributed by atoms with Crippen molar-refractivity contribution in [2.75, 3.05) is 7.11 Å². The molecule has 0 saturated carbocycles. The number of benzene rings is 1. The molecule has 1 aromatic rings. The van der Waals surface area contributed by atoms with E-state index in [2.05, 4.69) is 13.1 Å². The highest BCUT2D eigenvalue weighted by atomic mass is 28.4. The number of hydrogen-bond acceptors (Lipinski definition) is 1. The average molecular weight is 254 g/mol. The first kappa shape index (κ1) is 14.4. The van der Waals surface area contributed by atoms with Crippen LogP contribution in [0, 0.1) is 5.82 Å². The molecule has 1 nitrogen and oxygen atoms in total. The Morgan fingerprint density at radius 1 is 1.18 bits per heavy atom. The Balaban J connectivity index is 2.17. The van der Waals surface area contributed by atoms with Crippen LogP contribution in [0.2, 0.25) is 19.1 Å². The molecule has 0 aromatic heterocycles. The second kappa shape index (κ2) is 6.92. The summed E-state index contributed by atoms with van der Waals surface area (Å²) in [6.07, 6.45) is 4.54. The fourth-order valence-corrected chi connectivity index (χ4v) is 3.16. The lowest BCUT2D eigenvalue weighted by molar-refractivity contribution is 0.401. The molecule has 0 amide bonds. The average Bonchev–Trinajstić information content (AvgIpc) is 2.29. The van der Waals surface area contributed by atoms with Crippen LogP contribution < -0.4 is 0 Å². The number of unbranched alkanes of at least 4 members (excludes halogenated alkanes) is 2. The van der Waals surface area contributed by atoms with Crippen LogP contribution >= 0.6 is 0 Å². The molecule has 0 radical (unpaired) electrons. The molecule has 17 heavy (non-hydrogen) atoms. The zero-order valence-electron chi connectivity index (χ0n) is 11.1. The molecule has 0 fully saturated rings. The zero-order chi connectivity index (χ0) is 12.7. The van der Waals surface area contributed by atoms with E-state index in [-0.39, 0.29) is 5.82 Å². The predicted molar refractivity (Wildman–Crippen MR) is 73.3 cm³/mol. The van der Waals surface area contributed by atoms with E-state index in [0.717, 1.165) is 18.4 Å². The molecular weight excluding hydrogens is 231 g/mol. The number of hydrogen-bond donors (Lipinski definition) is 0. The maximum absolute atomic E-state index is 12.9. The van der Waals surface area contributed by atoms with Crippen LogP contribution in [0.4, 0.5) is 4.39 Å². The van der Waals surface area contributed by atoms with Crippen LogP contribution in [0.3, 0.4) is 0 Å². The van der Waals surface area contributed by atoms with Crippen LogP contribution in [-0.2, 0) is 10.8 Å². The van der Waals surface area contributed by atoms with Crippen molar-refractivity contribution < 1.29 is 8.82 Å². The standard InChI is InChI=1S/C14H23FOSi/c1-16-17(2,3)11-6-4-5-8-13-9-7-10-14(15)12-13/h7,9-10,12H,4-6,8,11H2,1-3H3. The molecule has 96 valence electrons. The lowest BCUT2D eigenvalue weighted by Crippen LogP contribution is -2.27. The van der Waals surface area contributed by atoms with Gasteiger partial charge in [0.25, 0.3) is 0 Å². The lowest BCUT2D eigenvalue weighted by atomic mass is 10.1. The smallest absolute Gasteiger partial charge is 0.186 e. The summed E-state index contributed by atoms with van der Waals surface area (Å²) in [6.45, 7) is 4.50. The molecule has 0 aliphatic carbocycles. The largest absolute Gasteiger partial charge is 0.420 e. The summed E-state index contributed by atoms with van der Waals surface area (Å²) in [4.78, 5) is 0. The fraction of sp³-hybridized carbons (Fsp3) is 0.571. The van der Waals surface area contributed by atoms with Crippen LogP contribution in [0.5, 0.6) is 0 Å². The first-order chi connectivity index (χ1) is 8.03. The highest BCUT2D eigenvalue weighted by molar-refractivity contribution is 6.71. The first-order valence-corrected chi connectivity index (χ1v) is 9.45. The summed E-state index contributed by atoms with van der Waals surface area (Å²) in [5.41, 5.74) is 1.10. The van der Waals surface area contributed by atoms with Gasteiger partial charge in [-0.25, -0.2) is 4.39 Å². The van der Waals surface area contributed by atoms with Gasteiger partial charge in [-0.2, -0.15) is 0 Å². The van der Waals surface area contributed by atoms with Crippen LogP contribution in [0.25, 0.3) is 0 Å². The van der Waals surface area contributed by atoms with Crippen molar-refractivity contribution in [3.63, 3.8) is 0 Å². The van der Waals surface area contributed by atoms with Gasteiger partial charge in [0, 0.05) is 7.11 Å². The van der Waals surface area contributed by atoms with Gasteiger partial charge < -0.3 is 4.43 Å². The van der Waals surface area contributed by atoms with E-state index in [4.69, 9.17) is 4.43 Å². The van der Waals surface area contributed by atoms with E-state index in [1.165, 1.54) is 25.0 Å². The summed E-state index contributed by atoms with van der Waals surface area (Å²) >= 11 is 0. The van der Waals surface area contributed by atoms with E-state index in [1.807, 2.05) is 13.2 Å². The minimum atomic E-state index is -1.38. The molecule has 0 spiro atoms. The molecule has 0 aliphatic heterocycles. The first-order valence-electron chi connectivity index (χ1n) is 6.33. The van der Waals surface area contributed by atoms with Crippen molar-refractivity contribution in [1.82, 2.24) is 0 Å². The summed E-state index contributed by atoms with van der Waals surface area (Å²) < 4.78 is 18.4. The van der Waals surface area contributed by atoms with E-state index in [0.29, 0.717) is 0 Å². The van der Waals surface area contributed by atoms with Gasteiger partial charge >= 0.3 is 0 Å². The Morgan fingerprint density at radius 2 is 1.94 bits per heavy atom. The Morgan fingerprint density at radius 3 is 2.59 bits per heavy atom. The quantitative estimate of drug-likeness (QED) is 0.518. The molecule has 0 saturated heterocycles. The monoisotopic (exact) mass is 254 g/mol. The Kier molecular flexibility index (Phi) is 5.85. The van der Waals surface area contributed by atoms with Gasteiger partial charge in [0.1, 0.15) is 5.82 Å². The molecule has 0 atom stereocenters. The van der Waals surface area contributed by atoms with Gasteiger partial charge in [-0.15, -0.1) is 0 Å². The van der Waals surface area contributed by atoms with Crippen LogP contribution in [0.1, 0.15) is 24.8 Å². The van der Waals surface area contributed by atoms with Gasteiger partial charge in [0.2, 0.25) is 0 Å². The van der Waals surface area contributed by atoms with Crippen molar-refractivity contribution >= 4 is 8.32 Å². The Labute approximate surface area is 105 Å². The van der Waals surface area contributed by atoms with E-state index in [9.17, 15) is 4.39 Å². The highest BCUT2D eigenvalue weighted by Gasteiger charge is 2.19. The lowest BCUT2D eigenvalue weighted by Gasteiger charge is -2.19. The Bertz CT molecular complexity index is 339. The maximum Gasteiger partial charge on any atom is 0.186 e. The van der Waals surface area contributed by atoms with Crippen molar-refractivity contribution in [2.45, 2.75) is 44.8 Å². The van der Waals surface area contributed by atoms with Crippen LogP contribution in [0.15, 0.2) is 24.3 Å². The van der Waals surface area contributed by atoms with Gasteiger partial charge in [-0.05, 0) is 49.7 Å². The SMILES string of the molecule is CO[Si](C)(C)CCCCCc1cccc(F)c1. The zero-order valence-corrected chi connectivity index (χ0v) is 12.1. The molecule has 0 unspecified atom stereocenters. The molecule has 0 bridgehead atoms. The second-order valence-electron chi connectivity index (χ2n) is 5.15. The molecular formula is C14H23FOSi. The topological polar surface area (TPSA) is 9.23 Å². The van der Waals surface area contributed by atoms with Gasteiger partial charge in [-0.1, -0.05) is 25.0 Å². The van der Waals surface area contributed by atoms with Crippen molar-refractivity contribution in [3.05, 3.63) is 35.6 Å². The minimum absolute atomic E-state index is 0.129. The molecule has 3 heteroatoms. The van der Waals surface area contributed by atoms with E-state index in [1.54, 1.807) is 12.1 Å². The summed E-state index contributed by atoms with van der Waals surface area (Å²) in [5.74, 6) is -0.129. The molecule has 1 rings (SSSR count). The molecule has 0 aliphatic rings. The van der Waals surface area contributed by atoms with Gasteiger partial charge in [-0.3, -0.25) is 0 Å². The van der Waals surface area contributed by atoms with Crippen molar-refractivity contribution in [3.8, 4) is 0 Å². The number of aryl methyl sites for hydroxylation is 1. The number of halogens is 1. The molecule has 1 aromatic carbocycles. The normalized spacial score (nSPS) is 11.8. The minimum Gasteiger partial charge on any atom is -0.420 e. The molecule has 0 N–H and O–H groups in total. The van der Waals surface area contributed by atoms with Gasteiger partial charge in [0.15, 0.2) is 8.32 Å². The van der Waals surface area contributed by atoms with E-state index >= 15 is 0 Å². The Hall–Kier alpha value is -0.673. The molecule has 0 heterocycles. The fourth-order valence-electron chi connectivity index (χ4n) is 1.85. The highest BCUT2D eigenvalue weighted by Crippen LogP contribution is 2.16. The third kappa shape index (κ3) is 5.98. The van der Waals surface area contributed by atoms with Crippen molar-refractivity contribution in [2.24, 2.45) is 0 Å². The van der Waals surface area contributed by atoms with E-state index < -0.39 is 8.32 Å². The van der Waals surface area contributed by atoms with Crippen molar-refractivity contribution in [1.29, 1.82) is 0 Å². The maximum atomic E-state index is 12.9. The second-order valence-corrected chi connectivity index (χ2v) is 9.58. The summed E-state index contributed by atoms with van der Waals surface area (Å²) in [5, 5.41) is 0.